The number of ether oxygens (including phenoxy) is 1. The fourth-order valence-electron chi connectivity index (χ4n) is 2.32. The summed E-state index contributed by atoms with van der Waals surface area (Å²) >= 11 is 0. The number of allylic oxidation sites excluding steroid dienone is 1. The van der Waals surface area contributed by atoms with Crippen LogP contribution in [0, 0.1) is 6.92 Å². The number of carbonyl (C=O) groups excluding carboxylic acids is 1. The molecule has 4 nitrogen and oxygen atoms in total. The zero-order chi connectivity index (χ0) is 20.2. The minimum absolute atomic E-state index is 0.0622. The lowest BCUT2D eigenvalue weighted by molar-refractivity contribution is -0.122. The standard InChI is InChI=1S/C19H28O2.C2H6.CH2O2/c1-4-5-6-7-8-9-10-11-14-21-19-15-16(2)12-13-18(19)17(3)20;1-2;2-1-3/h4,12-13,15H,1,5-11,14H2,2-3H3;1-2H3;1H,(H,2,3). The Morgan fingerprint density at radius 1 is 1.12 bits per heavy atom. The van der Waals surface area contributed by atoms with Gasteiger partial charge in [-0.15, -0.1) is 6.58 Å². The van der Waals surface area contributed by atoms with Crippen LogP contribution in [0.3, 0.4) is 0 Å². The molecule has 0 aliphatic carbocycles. The molecule has 0 aliphatic rings. The van der Waals surface area contributed by atoms with E-state index in [0.717, 1.165) is 24.2 Å². The van der Waals surface area contributed by atoms with Crippen LogP contribution in [0.1, 0.15) is 81.6 Å². The topological polar surface area (TPSA) is 63.6 Å². The van der Waals surface area contributed by atoms with Gasteiger partial charge in [0.2, 0.25) is 0 Å². The highest BCUT2D eigenvalue weighted by Crippen LogP contribution is 2.21. The van der Waals surface area contributed by atoms with Gasteiger partial charge in [0.1, 0.15) is 5.75 Å². The van der Waals surface area contributed by atoms with E-state index in [4.69, 9.17) is 14.6 Å². The Kier molecular flexibility index (Phi) is 19.3. The molecule has 0 heterocycles. The second-order valence-corrected chi connectivity index (χ2v) is 5.71. The lowest BCUT2D eigenvalue weighted by Crippen LogP contribution is -2.03. The molecule has 0 unspecified atom stereocenters. The Labute approximate surface area is 159 Å². The molecule has 0 bridgehead atoms. The number of Topliss-reactive ketones (excluding diaryl/α,β-unsaturated/α-hetero) is 1. The number of rotatable bonds is 11. The first-order chi connectivity index (χ1) is 12.6. The highest BCUT2D eigenvalue weighted by atomic mass is 16.5. The number of aryl methyl sites for hydroxylation is 1. The van der Waals surface area contributed by atoms with Crippen molar-refractivity contribution in [3.05, 3.63) is 42.0 Å². The first-order valence-corrected chi connectivity index (χ1v) is 9.50. The van der Waals surface area contributed by atoms with E-state index in [2.05, 4.69) is 6.58 Å². The van der Waals surface area contributed by atoms with Gasteiger partial charge in [-0.05, 0) is 50.8 Å². The predicted octanol–water partition coefficient (Wildman–Crippen LogP) is 6.22. The lowest BCUT2D eigenvalue weighted by atomic mass is 10.1. The van der Waals surface area contributed by atoms with Crippen LogP contribution in [0.5, 0.6) is 5.75 Å². The molecule has 1 N–H and O–H groups in total. The fourth-order valence-corrected chi connectivity index (χ4v) is 2.32. The van der Waals surface area contributed by atoms with E-state index in [9.17, 15) is 4.79 Å². The molecule has 1 aromatic carbocycles. The molecule has 0 aromatic heterocycles. The number of ketones is 1. The Morgan fingerprint density at radius 2 is 1.65 bits per heavy atom. The summed E-state index contributed by atoms with van der Waals surface area (Å²) in [5.41, 5.74) is 1.81. The van der Waals surface area contributed by atoms with Gasteiger partial charge in [-0.2, -0.15) is 0 Å². The summed E-state index contributed by atoms with van der Waals surface area (Å²) in [6.45, 7) is 11.8. The van der Waals surface area contributed by atoms with Crippen LogP contribution in [0.25, 0.3) is 0 Å². The van der Waals surface area contributed by atoms with E-state index >= 15 is 0 Å². The van der Waals surface area contributed by atoms with Crippen molar-refractivity contribution >= 4 is 12.3 Å². The van der Waals surface area contributed by atoms with Crippen LogP contribution in [0.4, 0.5) is 0 Å². The van der Waals surface area contributed by atoms with Crippen LogP contribution >= 0.6 is 0 Å². The highest BCUT2D eigenvalue weighted by Gasteiger charge is 2.08. The Hall–Kier alpha value is -2.10. The van der Waals surface area contributed by atoms with Crippen molar-refractivity contribution in [3.8, 4) is 5.75 Å². The number of hydrogen-bond acceptors (Lipinski definition) is 3. The smallest absolute Gasteiger partial charge is 0.290 e. The average molecular weight is 365 g/mol. The van der Waals surface area contributed by atoms with Gasteiger partial charge >= 0.3 is 0 Å². The Balaban J connectivity index is 0. The van der Waals surface area contributed by atoms with Crippen molar-refractivity contribution in [2.45, 2.75) is 72.6 Å². The van der Waals surface area contributed by atoms with Gasteiger partial charge in [0.05, 0.1) is 12.2 Å². The molecule has 0 saturated heterocycles. The van der Waals surface area contributed by atoms with Gasteiger partial charge in [0, 0.05) is 0 Å². The van der Waals surface area contributed by atoms with Crippen LogP contribution in [-0.2, 0) is 4.79 Å². The molecule has 1 rings (SSSR count). The highest BCUT2D eigenvalue weighted by molar-refractivity contribution is 5.96. The molecule has 0 spiro atoms. The molecule has 0 saturated carbocycles. The molecule has 0 aliphatic heterocycles. The number of carbonyl (C=O) groups is 2. The summed E-state index contributed by atoms with van der Waals surface area (Å²) in [5.74, 6) is 0.792. The van der Waals surface area contributed by atoms with Gasteiger partial charge in [0.15, 0.2) is 5.78 Å². The molecule has 148 valence electrons. The quantitative estimate of drug-likeness (QED) is 0.219. The number of unbranched alkanes of at least 4 members (excludes halogenated alkanes) is 6. The lowest BCUT2D eigenvalue weighted by Gasteiger charge is -2.10. The average Bonchev–Trinajstić information content (AvgIpc) is 2.62. The number of hydrogen-bond donors (Lipinski definition) is 1. The molecule has 0 amide bonds. The monoisotopic (exact) mass is 364 g/mol. The van der Waals surface area contributed by atoms with Crippen LogP contribution < -0.4 is 4.74 Å². The second kappa shape index (κ2) is 19.2. The third-order valence-corrected chi connectivity index (χ3v) is 3.58. The minimum atomic E-state index is -0.250. The van der Waals surface area contributed by atoms with Crippen molar-refractivity contribution in [3.63, 3.8) is 0 Å². The maximum Gasteiger partial charge on any atom is 0.290 e. The van der Waals surface area contributed by atoms with E-state index in [-0.39, 0.29) is 12.3 Å². The first-order valence-electron chi connectivity index (χ1n) is 9.50. The van der Waals surface area contributed by atoms with Crippen LogP contribution in [-0.4, -0.2) is 24.0 Å². The summed E-state index contributed by atoms with van der Waals surface area (Å²) in [7, 11) is 0. The molecule has 26 heavy (non-hydrogen) atoms. The number of benzene rings is 1. The van der Waals surface area contributed by atoms with Gasteiger partial charge < -0.3 is 9.84 Å². The van der Waals surface area contributed by atoms with E-state index < -0.39 is 0 Å². The van der Waals surface area contributed by atoms with E-state index in [0.29, 0.717) is 12.2 Å². The number of carboxylic acid groups (broad SMARTS) is 1. The summed E-state index contributed by atoms with van der Waals surface area (Å²) < 4.78 is 5.79. The zero-order valence-corrected chi connectivity index (χ0v) is 16.9. The van der Waals surface area contributed by atoms with Gasteiger partial charge in [-0.1, -0.05) is 51.7 Å². The van der Waals surface area contributed by atoms with Crippen molar-refractivity contribution in [2.75, 3.05) is 6.61 Å². The van der Waals surface area contributed by atoms with Crippen molar-refractivity contribution in [2.24, 2.45) is 0 Å². The van der Waals surface area contributed by atoms with Gasteiger partial charge in [0.25, 0.3) is 6.47 Å². The third kappa shape index (κ3) is 14.3. The van der Waals surface area contributed by atoms with Crippen molar-refractivity contribution in [1.82, 2.24) is 0 Å². The van der Waals surface area contributed by atoms with Crippen molar-refractivity contribution < 1.29 is 19.4 Å². The summed E-state index contributed by atoms with van der Waals surface area (Å²) in [5, 5.41) is 6.89. The molecular formula is C22H36O4. The first kappa shape index (κ1) is 26.1. The molecule has 1 aromatic rings. The SMILES string of the molecule is C=CCCCCCCCCOc1cc(C)ccc1C(C)=O.CC.O=CO. The zero-order valence-electron chi connectivity index (χ0n) is 16.9. The third-order valence-electron chi connectivity index (χ3n) is 3.58. The molecular weight excluding hydrogens is 328 g/mol. The van der Waals surface area contributed by atoms with E-state index in [1.807, 2.05) is 45.0 Å². The van der Waals surface area contributed by atoms with Gasteiger partial charge in [-0.25, -0.2) is 0 Å². The minimum Gasteiger partial charge on any atom is -0.493 e. The van der Waals surface area contributed by atoms with E-state index in [1.165, 1.54) is 32.1 Å². The summed E-state index contributed by atoms with van der Waals surface area (Å²) in [4.78, 5) is 19.9. The maximum absolute atomic E-state index is 11.6. The predicted molar refractivity (Wildman–Crippen MR) is 109 cm³/mol. The second-order valence-electron chi connectivity index (χ2n) is 5.71. The largest absolute Gasteiger partial charge is 0.493 e. The van der Waals surface area contributed by atoms with Gasteiger partial charge in [-0.3, -0.25) is 9.59 Å². The molecule has 4 heteroatoms. The Bertz CT molecular complexity index is 495. The van der Waals surface area contributed by atoms with Crippen LogP contribution in [0.15, 0.2) is 30.9 Å². The molecule has 0 radical (unpaired) electrons. The van der Waals surface area contributed by atoms with Crippen LogP contribution in [0.2, 0.25) is 0 Å². The molecule has 0 atom stereocenters. The van der Waals surface area contributed by atoms with E-state index in [1.54, 1.807) is 6.92 Å². The summed E-state index contributed by atoms with van der Waals surface area (Å²) in [6, 6.07) is 5.76. The maximum atomic E-state index is 11.6. The summed E-state index contributed by atoms with van der Waals surface area (Å²) in [6.07, 6.45) is 10.4. The normalized spacial score (nSPS) is 9.08. The molecule has 0 fully saturated rings. The Morgan fingerprint density at radius 3 is 2.19 bits per heavy atom. The van der Waals surface area contributed by atoms with Crippen molar-refractivity contribution in [1.29, 1.82) is 0 Å². The fraction of sp³-hybridized carbons (Fsp3) is 0.545.